The average Bonchev–Trinajstić information content (AvgIpc) is 2.52. The molecule has 1 atom stereocenters. The van der Waals surface area contributed by atoms with Crippen LogP contribution in [0.15, 0.2) is 42.5 Å². The summed E-state index contributed by atoms with van der Waals surface area (Å²) in [5, 5.41) is 13.0. The summed E-state index contributed by atoms with van der Waals surface area (Å²) in [6, 6.07) is 14.7. The number of nitrogens with one attached hydrogen (secondary N) is 1. The number of fused-ring (bicyclic) bond motifs is 1. The molecule has 0 heterocycles. The molecule has 0 saturated heterocycles. The van der Waals surface area contributed by atoms with Crippen LogP contribution in [0.4, 0.5) is 0 Å². The van der Waals surface area contributed by atoms with E-state index >= 15 is 0 Å². The standard InChI is InChI=1S/C19H23NO/c1-14(20-13-15-5-4-8-19(21)11-15)17-10-9-16-6-2-3-7-18(16)12-17/h4-5,8-12,14,20-21H,2-3,6-7,13H2,1H3. The SMILES string of the molecule is CC(NCc1cccc(O)c1)c1ccc2c(c1)CCCC2. The van der Waals surface area contributed by atoms with Crippen molar-refractivity contribution in [1.29, 1.82) is 0 Å². The lowest BCUT2D eigenvalue weighted by molar-refractivity contribution is 0.473. The Morgan fingerprint density at radius 3 is 2.67 bits per heavy atom. The van der Waals surface area contributed by atoms with E-state index in [1.165, 1.54) is 42.4 Å². The van der Waals surface area contributed by atoms with Crippen LogP contribution in [0.3, 0.4) is 0 Å². The van der Waals surface area contributed by atoms with E-state index in [0.717, 1.165) is 12.1 Å². The van der Waals surface area contributed by atoms with Crippen LogP contribution < -0.4 is 5.32 Å². The predicted octanol–water partition coefficient (Wildman–Crippen LogP) is 4.12. The van der Waals surface area contributed by atoms with Gasteiger partial charge in [0, 0.05) is 12.6 Å². The van der Waals surface area contributed by atoms with Gasteiger partial charge in [0.25, 0.3) is 0 Å². The predicted molar refractivity (Wildman–Crippen MR) is 86.4 cm³/mol. The maximum Gasteiger partial charge on any atom is 0.115 e. The molecule has 0 amide bonds. The molecule has 1 unspecified atom stereocenters. The fourth-order valence-electron chi connectivity index (χ4n) is 3.08. The van der Waals surface area contributed by atoms with Crippen molar-refractivity contribution < 1.29 is 5.11 Å². The number of aryl methyl sites for hydroxylation is 2. The molecule has 0 aromatic heterocycles. The number of aromatic hydroxyl groups is 1. The van der Waals surface area contributed by atoms with Gasteiger partial charge in [-0.25, -0.2) is 0 Å². The Kier molecular flexibility index (Phi) is 4.26. The Hall–Kier alpha value is -1.80. The van der Waals surface area contributed by atoms with Crippen LogP contribution in [-0.2, 0) is 19.4 Å². The quantitative estimate of drug-likeness (QED) is 0.883. The zero-order chi connectivity index (χ0) is 14.7. The summed E-state index contributed by atoms with van der Waals surface area (Å²) >= 11 is 0. The Balaban J connectivity index is 1.66. The molecule has 0 spiro atoms. The van der Waals surface area contributed by atoms with E-state index in [4.69, 9.17) is 0 Å². The lowest BCUT2D eigenvalue weighted by atomic mass is 9.89. The highest BCUT2D eigenvalue weighted by Gasteiger charge is 2.12. The lowest BCUT2D eigenvalue weighted by Gasteiger charge is -2.20. The summed E-state index contributed by atoms with van der Waals surface area (Å²) in [6.45, 7) is 2.97. The Bertz CT molecular complexity index is 621. The molecule has 2 aromatic carbocycles. The van der Waals surface area contributed by atoms with E-state index in [2.05, 4.69) is 30.4 Å². The van der Waals surface area contributed by atoms with Crippen molar-refractivity contribution >= 4 is 0 Å². The molecule has 1 aliphatic rings. The highest BCUT2D eigenvalue weighted by atomic mass is 16.3. The van der Waals surface area contributed by atoms with Gasteiger partial charge < -0.3 is 10.4 Å². The van der Waals surface area contributed by atoms with Gasteiger partial charge in [0.15, 0.2) is 0 Å². The fraction of sp³-hybridized carbons (Fsp3) is 0.368. The summed E-state index contributed by atoms with van der Waals surface area (Å²) in [6.07, 6.45) is 5.11. The largest absolute Gasteiger partial charge is 0.508 e. The average molecular weight is 281 g/mol. The molecular weight excluding hydrogens is 258 g/mol. The van der Waals surface area contributed by atoms with Gasteiger partial charge in [-0.3, -0.25) is 0 Å². The fourth-order valence-corrected chi connectivity index (χ4v) is 3.08. The molecular formula is C19H23NO. The topological polar surface area (TPSA) is 32.3 Å². The number of rotatable bonds is 4. The van der Waals surface area contributed by atoms with Crippen LogP contribution >= 0.6 is 0 Å². The molecule has 110 valence electrons. The Morgan fingerprint density at radius 2 is 1.86 bits per heavy atom. The molecule has 0 fully saturated rings. The minimum Gasteiger partial charge on any atom is -0.508 e. The first-order chi connectivity index (χ1) is 10.2. The first-order valence-corrected chi connectivity index (χ1v) is 7.85. The van der Waals surface area contributed by atoms with E-state index < -0.39 is 0 Å². The summed E-state index contributed by atoms with van der Waals surface area (Å²) in [5.74, 6) is 0.329. The summed E-state index contributed by atoms with van der Waals surface area (Å²) in [5.41, 5.74) is 5.53. The second kappa shape index (κ2) is 6.31. The molecule has 2 N–H and O–H groups in total. The van der Waals surface area contributed by atoms with Gasteiger partial charge in [-0.05, 0) is 67.0 Å². The van der Waals surface area contributed by atoms with Crippen molar-refractivity contribution in [2.45, 2.75) is 45.2 Å². The maximum absolute atomic E-state index is 9.50. The van der Waals surface area contributed by atoms with Crippen molar-refractivity contribution in [3.63, 3.8) is 0 Å². The van der Waals surface area contributed by atoms with E-state index in [1.807, 2.05) is 18.2 Å². The maximum atomic E-state index is 9.50. The number of hydrogen-bond acceptors (Lipinski definition) is 2. The third-order valence-electron chi connectivity index (χ3n) is 4.40. The van der Waals surface area contributed by atoms with Gasteiger partial charge >= 0.3 is 0 Å². The Labute approximate surface area is 126 Å². The van der Waals surface area contributed by atoms with Gasteiger partial charge in [-0.15, -0.1) is 0 Å². The molecule has 21 heavy (non-hydrogen) atoms. The Morgan fingerprint density at radius 1 is 1.05 bits per heavy atom. The van der Waals surface area contributed by atoms with Crippen LogP contribution in [-0.4, -0.2) is 5.11 Å². The highest BCUT2D eigenvalue weighted by Crippen LogP contribution is 2.25. The second-order valence-electron chi connectivity index (χ2n) is 6.01. The van der Waals surface area contributed by atoms with E-state index in [-0.39, 0.29) is 0 Å². The van der Waals surface area contributed by atoms with Crippen molar-refractivity contribution in [3.8, 4) is 5.75 Å². The third kappa shape index (κ3) is 3.45. The van der Waals surface area contributed by atoms with E-state index in [0.29, 0.717) is 11.8 Å². The second-order valence-corrected chi connectivity index (χ2v) is 6.01. The molecule has 2 nitrogen and oxygen atoms in total. The number of phenolic OH excluding ortho intramolecular Hbond substituents is 1. The molecule has 1 aliphatic carbocycles. The molecule has 2 heteroatoms. The van der Waals surface area contributed by atoms with Crippen molar-refractivity contribution in [2.75, 3.05) is 0 Å². The minimum absolute atomic E-state index is 0.319. The minimum atomic E-state index is 0.319. The van der Waals surface area contributed by atoms with Crippen molar-refractivity contribution in [3.05, 3.63) is 64.7 Å². The monoisotopic (exact) mass is 281 g/mol. The van der Waals surface area contributed by atoms with Crippen LogP contribution in [0, 0.1) is 0 Å². The summed E-state index contributed by atoms with van der Waals surface area (Å²) in [7, 11) is 0. The normalized spacial score (nSPS) is 15.5. The van der Waals surface area contributed by atoms with Crippen LogP contribution in [0.2, 0.25) is 0 Å². The molecule has 3 rings (SSSR count). The summed E-state index contributed by atoms with van der Waals surface area (Å²) < 4.78 is 0. The number of hydrogen-bond donors (Lipinski definition) is 2. The van der Waals surface area contributed by atoms with Gasteiger partial charge in [0.2, 0.25) is 0 Å². The van der Waals surface area contributed by atoms with Crippen LogP contribution in [0.25, 0.3) is 0 Å². The molecule has 2 aromatic rings. The van der Waals surface area contributed by atoms with Gasteiger partial charge in [-0.2, -0.15) is 0 Å². The number of phenols is 1. The smallest absolute Gasteiger partial charge is 0.115 e. The zero-order valence-corrected chi connectivity index (χ0v) is 12.6. The first-order valence-electron chi connectivity index (χ1n) is 7.85. The molecule has 0 radical (unpaired) electrons. The van der Waals surface area contributed by atoms with E-state index in [9.17, 15) is 5.11 Å². The summed E-state index contributed by atoms with van der Waals surface area (Å²) in [4.78, 5) is 0. The number of benzene rings is 2. The van der Waals surface area contributed by atoms with Gasteiger partial charge in [0.05, 0.1) is 0 Å². The van der Waals surface area contributed by atoms with E-state index in [1.54, 1.807) is 6.07 Å². The molecule has 0 aliphatic heterocycles. The third-order valence-corrected chi connectivity index (χ3v) is 4.40. The van der Waals surface area contributed by atoms with Gasteiger partial charge in [-0.1, -0.05) is 30.3 Å². The molecule has 0 saturated carbocycles. The van der Waals surface area contributed by atoms with Crippen LogP contribution in [0.1, 0.15) is 48.1 Å². The van der Waals surface area contributed by atoms with Crippen LogP contribution in [0.5, 0.6) is 5.75 Å². The molecule has 0 bridgehead atoms. The highest BCUT2D eigenvalue weighted by molar-refractivity contribution is 5.35. The lowest BCUT2D eigenvalue weighted by Crippen LogP contribution is -2.18. The van der Waals surface area contributed by atoms with Gasteiger partial charge in [0.1, 0.15) is 5.75 Å². The van der Waals surface area contributed by atoms with Crippen molar-refractivity contribution in [2.24, 2.45) is 0 Å². The first kappa shape index (κ1) is 14.2. The van der Waals surface area contributed by atoms with Crippen molar-refractivity contribution in [1.82, 2.24) is 5.32 Å². The zero-order valence-electron chi connectivity index (χ0n) is 12.6.